The molecule has 5 nitrogen and oxygen atoms in total. The van der Waals surface area contributed by atoms with Gasteiger partial charge in [-0.3, -0.25) is 9.59 Å². The monoisotopic (exact) mass is 325 g/mol. The zero-order valence-electron chi connectivity index (χ0n) is 13.4. The van der Waals surface area contributed by atoms with Gasteiger partial charge in [0.15, 0.2) is 0 Å². The number of carboxylic acid groups (broad SMARTS) is 1. The number of anilines is 1. The van der Waals surface area contributed by atoms with E-state index in [9.17, 15) is 14.7 Å². The quantitative estimate of drug-likeness (QED) is 0.886. The molecule has 0 unspecified atom stereocenters. The van der Waals surface area contributed by atoms with Crippen molar-refractivity contribution >= 4 is 17.6 Å². The summed E-state index contributed by atoms with van der Waals surface area (Å²) in [5.74, 6) is -0.605. The lowest BCUT2D eigenvalue weighted by atomic mass is 9.81. The number of hydrogen-bond donors (Lipinski definition) is 2. The number of carboxylic acids is 1. The predicted octanol–water partition coefficient (Wildman–Crippen LogP) is 2.89. The van der Waals surface area contributed by atoms with Gasteiger partial charge >= 0.3 is 5.97 Å². The van der Waals surface area contributed by atoms with E-state index in [0.29, 0.717) is 24.3 Å². The molecule has 0 saturated heterocycles. The number of hydrogen-bond acceptors (Lipinski definition) is 3. The van der Waals surface area contributed by atoms with Crippen LogP contribution < -0.4 is 10.1 Å². The number of carbonyl (C=O) groups is 2. The van der Waals surface area contributed by atoms with E-state index in [-0.39, 0.29) is 12.3 Å². The minimum atomic E-state index is -1.08. The lowest BCUT2D eigenvalue weighted by Gasteiger charge is -2.23. The molecule has 0 aromatic heterocycles. The van der Waals surface area contributed by atoms with Crippen molar-refractivity contribution in [2.45, 2.75) is 19.3 Å². The second-order valence-electron chi connectivity index (χ2n) is 6.16. The number of nitrogens with one attached hydrogen (secondary N) is 1. The molecule has 2 aromatic rings. The van der Waals surface area contributed by atoms with Crippen molar-refractivity contribution in [3.63, 3.8) is 0 Å². The molecule has 0 radical (unpaired) electrons. The van der Waals surface area contributed by atoms with Gasteiger partial charge in [-0.05, 0) is 36.1 Å². The second kappa shape index (κ2) is 6.35. The van der Waals surface area contributed by atoms with Gasteiger partial charge in [-0.2, -0.15) is 0 Å². The summed E-state index contributed by atoms with van der Waals surface area (Å²) in [6.07, 6.45) is 0.697. The smallest absolute Gasteiger partial charge is 0.310 e. The van der Waals surface area contributed by atoms with E-state index in [1.807, 2.05) is 24.3 Å². The molecule has 24 heavy (non-hydrogen) atoms. The number of amides is 1. The van der Waals surface area contributed by atoms with Crippen molar-refractivity contribution in [3.8, 4) is 5.75 Å². The maximum Gasteiger partial charge on any atom is 0.310 e. The van der Waals surface area contributed by atoms with Crippen LogP contribution >= 0.6 is 0 Å². The highest BCUT2D eigenvalue weighted by Gasteiger charge is 2.45. The highest BCUT2D eigenvalue weighted by atomic mass is 16.5. The molecule has 5 heteroatoms. The summed E-state index contributed by atoms with van der Waals surface area (Å²) in [6, 6.07) is 14.7. The molecule has 2 aromatic carbocycles. The number of benzene rings is 2. The van der Waals surface area contributed by atoms with Crippen LogP contribution in [-0.2, 0) is 22.4 Å². The van der Waals surface area contributed by atoms with E-state index in [1.165, 1.54) is 0 Å². The maximum absolute atomic E-state index is 12.4. The van der Waals surface area contributed by atoms with Gasteiger partial charge in [-0.25, -0.2) is 0 Å². The Morgan fingerprint density at radius 3 is 2.38 bits per heavy atom. The molecule has 0 heterocycles. The summed E-state index contributed by atoms with van der Waals surface area (Å²) in [6.45, 7) is 0. The van der Waals surface area contributed by atoms with E-state index >= 15 is 0 Å². The molecule has 2 N–H and O–H groups in total. The van der Waals surface area contributed by atoms with E-state index in [2.05, 4.69) is 5.32 Å². The van der Waals surface area contributed by atoms with Crippen molar-refractivity contribution in [3.05, 3.63) is 59.7 Å². The minimum absolute atomic E-state index is 0.0613. The fourth-order valence-corrected chi connectivity index (χ4v) is 3.26. The Labute approximate surface area is 140 Å². The molecule has 0 spiro atoms. The molecule has 0 saturated carbocycles. The summed E-state index contributed by atoms with van der Waals surface area (Å²) in [7, 11) is 1.55. The third kappa shape index (κ3) is 3.11. The first kappa shape index (κ1) is 16.1. The summed E-state index contributed by atoms with van der Waals surface area (Å²) < 4.78 is 5.12. The Morgan fingerprint density at radius 2 is 1.79 bits per heavy atom. The number of fused-ring (bicyclic) bond motifs is 1. The first-order valence-electron chi connectivity index (χ1n) is 7.76. The second-order valence-corrected chi connectivity index (χ2v) is 6.16. The van der Waals surface area contributed by atoms with Gasteiger partial charge in [0, 0.05) is 18.2 Å². The Hall–Kier alpha value is -2.82. The van der Waals surface area contributed by atoms with Crippen LogP contribution in [0, 0.1) is 5.41 Å². The van der Waals surface area contributed by atoms with Gasteiger partial charge < -0.3 is 15.2 Å². The van der Waals surface area contributed by atoms with E-state index in [4.69, 9.17) is 4.74 Å². The molecular weight excluding hydrogens is 306 g/mol. The largest absolute Gasteiger partial charge is 0.497 e. The SMILES string of the molecule is COc1cccc(NC(=O)CC2(C(=O)O)Cc3ccccc3C2)c1. The highest BCUT2D eigenvalue weighted by Crippen LogP contribution is 2.40. The third-order valence-electron chi connectivity index (χ3n) is 4.48. The van der Waals surface area contributed by atoms with Crippen molar-refractivity contribution in [2.24, 2.45) is 5.41 Å². The Morgan fingerprint density at radius 1 is 1.12 bits per heavy atom. The average Bonchev–Trinajstić information content (AvgIpc) is 2.94. The number of carbonyl (C=O) groups excluding carboxylic acids is 1. The van der Waals surface area contributed by atoms with Gasteiger partial charge in [0.1, 0.15) is 5.75 Å². The summed E-state index contributed by atoms with van der Waals surface area (Å²) in [5.41, 5.74) is 1.53. The fraction of sp³-hybridized carbons (Fsp3) is 0.263. The van der Waals surface area contributed by atoms with Crippen molar-refractivity contribution in [1.29, 1.82) is 0 Å². The number of methoxy groups -OCH3 is 1. The molecule has 124 valence electrons. The topological polar surface area (TPSA) is 75.6 Å². The van der Waals surface area contributed by atoms with Gasteiger partial charge in [-0.1, -0.05) is 30.3 Å². The summed E-state index contributed by atoms with van der Waals surface area (Å²) >= 11 is 0. The normalized spacial score (nSPS) is 14.7. The molecule has 1 aliphatic rings. The molecule has 1 aliphatic carbocycles. The maximum atomic E-state index is 12.4. The van der Waals surface area contributed by atoms with Gasteiger partial charge in [0.05, 0.1) is 12.5 Å². The van der Waals surface area contributed by atoms with Crippen LogP contribution in [0.1, 0.15) is 17.5 Å². The van der Waals surface area contributed by atoms with Crippen molar-refractivity contribution < 1.29 is 19.4 Å². The first-order valence-corrected chi connectivity index (χ1v) is 7.76. The summed E-state index contributed by atoms with van der Waals surface area (Å²) in [5, 5.41) is 12.5. The fourth-order valence-electron chi connectivity index (χ4n) is 3.26. The van der Waals surface area contributed by atoms with Crippen LogP contribution in [0.2, 0.25) is 0 Å². The molecule has 0 bridgehead atoms. The standard InChI is InChI=1S/C19H19NO4/c1-24-16-8-4-7-15(9-16)20-17(21)12-19(18(22)23)10-13-5-2-3-6-14(13)11-19/h2-9H,10-12H2,1H3,(H,20,21)(H,22,23). The van der Waals surface area contributed by atoms with Gasteiger partial charge in [0.25, 0.3) is 0 Å². The van der Waals surface area contributed by atoms with Crippen molar-refractivity contribution in [2.75, 3.05) is 12.4 Å². The molecule has 3 rings (SSSR count). The van der Waals surface area contributed by atoms with Crippen LogP contribution in [0.15, 0.2) is 48.5 Å². The van der Waals surface area contributed by atoms with Crippen LogP contribution in [0.25, 0.3) is 0 Å². The minimum Gasteiger partial charge on any atom is -0.497 e. The first-order chi connectivity index (χ1) is 11.5. The van der Waals surface area contributed by atoms with E-state index in [0.717, 1.165) is 11.1 Å². The van der Waals surface area contributed by atoms with Gasteiger partial charge in [-0.15, -0.1) is 0 Å². The van der Waals surface area contributed by atoms with Crippen molar-refractivity contribution in [1.82, 2.24) is 0 Å². The predicted molar refractivity (Wildman–Crippen MR) is 90.2 cm³/mol. The van der Waals surface area contributed by atoms with Crippen LogP contribution in [0.3, 0.4) is 0 Å². The molecule has 1 amide bonds. The average molecular weight is 325 g/mol. The molecule has 0 aliphatic heterocycles. The molecule has 0 atom stereocenters. The lowest BCUT2D eigenvalue weighted by molar-refractivity contribution is -0.150. The molecule has 0 fully saturated rings. The van der Waals surface area contributed by atoms with Gasteiger partial charge in [0.2, 0.25) is 5.91 Å². The number of ether oxygens (including phenoxy) is 1. The Balaban J connectivity index is 1.75. The number of aliphatic carboxylic acids is 1. The summed E-state index contributed by atoms with van der Waals surface area (Å²) in [4.78, 5) is 24.3. The zero-order chi connectivity index (χ0) is 17.2. The van der Waals surface area contributed by atoms with E-state index < -0.39 is 11.4 Å². The van der Waals surface area contributed by atoms with E-state index in [1.54, 1.807) is 31.4 Å². The molecular formula is C19H19NO4. The third-order valence-corrected chi connectivity index (χ3v) is 4.48. The zero-order valence-corrected chi connectivity index (χ0v) is 13.4. The number of rotatable bonds is 5. The highest BCUT2D eigenvalue weighted by molar-refractivity contribution is 5.95. The van der Waals surface area contributed by atoms with Crippen LogP contribution in [0.4, 0.5) is 5.69 Å². The Bertz CT molecular complexity index is 759. The van der Waals surface area contributed by atoms with Crippen LogP contribution in [0.5, 0.6) is 5.75 Å². The van der Waals surface area contributed by atoms with Crippen LogP contribution in [-0.4, -0.2) is 24.1 Å². The Kier molecular flexibility index (Phi) is 4.25. The lowest BCUT2D eigenvalue weighted by Crippen LogP contribution is -2.36.